The van der Waals surface area contributed by atoms with E-state index < -0.39 is 18.0 Å². The summed E-state index contributed by atoms with van der Waals surface area (Å²) in [5.41, 5.74) is 1.30. The Morgan fingerprint density at radius 3 is 2.57 bits per heavy atom. The molecule has 1 unspecified atom stereocenters. The van der Waals surface area contributed by atoms with E-state index in [0.717, 1.165) is 10.8 Å². The van der Waals surface area contributed by atoms with Crippen molar-refractivity contribution in [3.8, 4) is 0 Å². The van der Waals surface area contributed by atoms with Crippen LogP contribution < -0.4 is 15.5 Å². The molecule has 1 fully saturated rings. The molecule has 6 heteroatoms. The van der Waals surface area contributed by atoms with Crippen molar-refractivity contribution in [2.75, 3.05) is 11.4 Å². The van der Waals surface area contributed by atoms with Crippen molar-refractivity contribution in [3.05, 3.63) is 42.0 Å². The van der Waals surface area contributed by atoms with Gasteiger partial charge in [0.15, 0.2) is 0 Å². The lowest BCUT2D eigenvalue weighted by atomic mass is 10.1. The van der Waals surface area contributed by atoms with Crippen LogP contribution in [0.15, 0.2) is 36.4 Å². The van der Waals surface area contributed by atoms with Crippen molar-refractivity contribution in [3.63, 3.8) is 0 Å². The largest absolute Gasteiger partial charge is 0.335 e. The number of rotatable bonds is 1. The van der Waals surface area contributed by atoms with E-state index in [0.29, 0.717) is 11.3 Å². The van der Waals surface area contributed by atoms with Crippen LogP contribution in [0.5, 0.6) is 0 Å². The third-order valence-electron chi connectivity index (χ3n) is 3.90. The molecule has 2 N–H and O–H groups in total. The van der Waals surface area contributed by atoms with Crippen LogP contribution in [0.4, 0.5) is 10.5 Å². The number of carbonyl (C=O) groups excluding carboxylic acids is 3. The molecule has 21 heavy (non-hydrogen) atoms. The molecular weight excluding hydrogens is 270 g/mol. The summed E-state index contributed by atoms with van der Waals surface area (Å²) >= 11 is 0. The first-order chi connectivity index (χ1) is 10.2. The van der Waals surface area contributed by atoms with Gasteiger partial charge in [0.25, 0.3) is 11.8 Å². The molecule has 2 aromatic carbocycles. The van der Waals surface area contributed by atoms with Gasteiger partial charge in [0.2, 0.25) is 0 Å². The molecule has 2 aromatic rings. The van der Waals surface area contributed by atoms with Crippen LogP contribution >= 0.6 is 0 Å². The Bertz CT molecular complexity index is 810. The summed E-state index contributed by atoms with van der Waals surface area (Å²) in [4.78, 5) is 37.3. The number of amides is 4. The van der Waals surface area contributed by atoms with Gasteiger partial charge >= 0.3 is 6.03 Å². The van der Waals surface area contributed by atoms with Crippen LogP contribution in [0.3, 0.4) is 0 Å². The highest BCUT2D eigenvalue weighted by atomic mass is 16.2. The summed E-state index contributed by atoms with van der Waals surface area (Å²) in [5, 5.41) is 6.57. The van der Waals surface area contributed by atoms with Crippen molar-refractivity contribution < 1.29 is 14.4 Å². The van der Waals surface area contributed by atoms with Crippen LogP contribution in [0.1, 0.15) is 10.4 Å². The average molecular weight is 281 g/mol. The highest BCUT2D eigenvalue weighted by molar-refractivity contribution is 6.27. The zero-order valence-electron chi connectivity index (χ0n) is 10.9. The summed E-state index contributed by atoms with van der Waals surface area (Å²) in [6.45, 7) is 0.112. The molecule has 0 aliphatic carbocycles. The molecule has 0 radical (unpaired) electrons. The first-order valence-corrected chi connectivity index (χ1v) is 6.61. The van der Waals surface area contributed by atoms with Crippen LogP contribution in [0, 0.1) is 0 Å². The highest BCUT2D eigenvalue weighted by Gasteiger charge is 2.40. The minimum Gasteiger partial charge on any atom is -0.335 e. The highest BCUT2D eigenvalue weighted by Crippen LogP contribution is 2.38. The number of imide groups is 1. The van der Waals surface area contributed by atoms with E-state index in [1.54, 1.807) is 6.07 Å². The molecule has 1 saturated heterocycles. The first kappa shape index (κ1) is 11.9. The number of urea groups is 1. The molecule has 1 atom stereocenters. The van der Waals surface area contributed by atoms with Gasteiger partial charge in [-0.3, -0.25) is 19.8 Å². The predicted octanol–water partition coefficient (Wildman–Crippen LogP) is 1.01. The lowest BCUT2D eigenvalue weighted by Crippen LogP contribution is -2.61. The van der Waals surface area contributed by atoms with E-state index in [2.05, 4.69) is 10.6 Å². The van der Waals surface area contributed by atoms with E-state index in [1.165, 1.54) is 4.90 Å². The summed E-state index contributed by atoms with van der Waals surface area (Å²) in [7, 11) is 0. The molecule has 0 saturated carbocycles. The topological polar surface area (TPSA) is 78.5 Å². The number of benzene rings is 2. The van der Waals surface area contributed by atoms with Crippen LogP contribution in [0.25, 0.3) is 10.8 Å². The predicted molar refractivity (Wildman–Crippen MR) is 76.1 cm³/mol. The third-order valence-corrected chi connectivity index (χ3v) is 3.90. The Kier molecular flexibility index (Phi) is 2.29. The second-order valence-corrected chi connectivity index (χ2v) is 5.07. The maximum Gasteiger partial charge on any atom is 0.321 e. The Morgan fingerprint density at radius 2 is 1.81 bits per heavy atom. The summed E-state index contributed by atoms with van der Waals surface area (Å²) < 4.78 is 0. The van der Waals surface area contributed by atoms with Crippen molar-refractivity contribution >= 4 is 34.3 Å². The van der Waals surface area contributed by atoms with Crippen LogP contribution in [-0.2, 0) is 4.79 Å². The fraction of sp³-hybridized carbons (Fsp3) is 0.133. The van der Waals surface area contributed by atoms with E-state index in [-0.39, 0.29) is 12.5 Å². The monoisotopic (exact) mass is 281 g/mol. The number of nitrogens with zero attached hydrogens (tertiary/aromatic N) is 1. The quantitative estimate of drug-likeness (QED) is 0.818. The maximum atomic E-state index is 12.6. The molecule has 2 aliphatic heterocycles. The number of anilines is 1. The average Bonchev–Trinajstić information content (AvgIpc) is 2.75. The lowest BCUT2D eigenvalue weighted by molar-refractivity contribution is -0.121. The molecule has 2 aliphatic rings. The van der Waals surface area contributed by atoms with Gasteiger partial charge in [-0.25, -0.2) is 4.79 Å². The molecule has 0 aromatic heterocycles. The van der Waals surface area contributed by atoms with E-state index in [4.69, 9.17) is 0 Å². The van der Waals surface area contributed by atoms with Gasteiger partial charge in [0.1, 0.15) is 6.04 Å². The standard InChI is InChI=1S/C15H11N3O3/c19-13-11(7-16-15(21)17-13)18-10-6-2-4-8-3-1-5-9(12(8)10)14(18)20/h1-6,11H,7H2,(H2,16,17,19,21). The van der Waals surface area contributed by atoms with Crippen LogP contribution in [-0.4, -0.2) is 30.4 Å². The van der Waals surface area contributed by atoms with Gasteiger partial charge in [-0.2, -0.15) is 0 Å². The molecule has 0 spiro atoms. The van der Waals surface area contributed by atoms with Gasteiger partial charge < -0.3 is 5.32 Å². The normalized spacial score (nSPS) is 20.7. The number of nitrogens with one attached hydrogen (secondary N) is 2. The Balaban J connectivity index is 1.86. The Morgan fingerprint density at radius 1 is 1.05 bits per heavy atom. The summed E-state index contributed by atoms with van der Waals surface area (Å²) in [6.07, 6.45) is 0. The van der Waals surface area contributed by atoms with Gasteiger partial charge in [0, 0.05) is 17.5 Å². The number of hydrogen-bond acceptors (Lipinski definition) is 3. The molecular formula is C15H11N3O3. The van der Waals surface area contributed by atoms with Crippen molar-refractivity contribution in [2.24, 2.45) is 0 Å². The van der Waals surface area contributed by atoms with Crippen molar-refractivity contribution in [1.82, 2.24) is 10.6 Å². The summed E-state index contributed by atoms with van der Waals surface area (Å²) in [5.74, 6) is -0.671. The van der Waals surface area contributed by atoms with Crippen molar-refractivity contribution in [1.29, 1.82) is 0 Å². The third kappa shape index (κ3) is 1.56. The van der Waals surface area contributed by atoms with E-state index >= 15 is 0 Å². The number of carbonyl (C=O) groups is 3. The van der Waals surface area contributed by atoms with E-state index in [9.17, 15) is 14.4 Å². The first-order valence-electron chi connectivity index (χ1n) is 6.61. The minimum atomic E-state index is -0.729. The Labute approximate surface area is 119 Å². The lowest BCUT2D eigenvalue weighted by Gasteiger charge is -2.30. The van der Waals surface area contributed by atoms with Gasteiger partial charge in [0.05, 0.1) is 5.69 Å². The van der Waals surface area contributed by atoms with Gasteiger partial charge in [-0.15, -0.1) is 0 Å². The molecule has 4 rings (SSSR count). The Hall–Kier alpha value is -2.89. The second kappa shape index (κ2) is 4.05. The summed E-state index contributed by atoms with van der Waals surface area (Å²) in [6, 6.07) is 9.86. The smallest absolute Gasteiger partial charge is 0.321 e. The zero-order chi connectivity index (χ0) is 14.6. The molecule has 2 heterocycles. The number of hydrogen-bond donors (Lipinski definition) is 2. The fourth-order valence-electron chi connectivity index (χ4n) is 2.98. The van der Waals surface area contributed by atoms with Crippen LogP contribution in [0.2, 0.25) is 0 Å². The molecule has 6 nitrogen and oxygen atoms in total. The second-order valence-electron chi connectivity index (χ2n) is 5.07. The SMILES string of the molecule is O=C1NCC(N2C(=O)c3cccc4cccc2c34)C(=O)N1. The zero-order valence-corrected chi connectivity index (χ0v) is 10.9. The van der Waals surface area contributed by atoms with E-state index in [1.807, 2.05) is 30.3 Å². The van der Waals surface area contributed by atoms with Crippen molar-refractivity contribution in [2.45, 2.75) is 6.04 Å². The molecule has 104 valence electrons. The molecule has 4 amide bonds. The fourth-order valence-corrected chi connectivity index (χ4v) is 2.98. The minimum absolute atomic E-state index is 0.112. The van der Waals surface area contributed by atoms with Gasteiger partial charge in [-0.1, -0.05) is 24.3 Å². The van der Waals surface area contributed by atoms with Gasteiger partial charge in [-0.05, 0) is 17.5 Å². The maximum absolute atomic E-state index is 12.6. The molecule has 0 bridgehead atoms.